The van der Waals surface area contributed by atoms with Crippen LogP contribution in [-0.2, 0) is 5.60 Å². The quantitative estimate of drug-likeness (QED) is 0.782. The summed E-state index contributed by atoms with van der Waals surface area (Å²) < 4.78 is 5.21. The molecule has 0 heterocycles. The summed E-state index contributed by atoms with van der Waals surface area (Å²) in [5.41, 5.74) is 0.428. The SMILES string of the molecule is COc1cccc2c1C(=O)C1CCC[C@]21O. The molecule has 3 rings (SSSR count). The van der Waals surface area contributed by atoms with Crippen LogP contribution in [-0.4, -0.2) is 18.0 Å². The van der Waals surface area contributed by atoms with Gasteiger partial charge in [-0.3, -0.25) is 4.79 Å². The van der Waals surface area contributed by atoms with Gasteiger partial charge < -0.3 is 9.84 Å². The number of ketones is 1. The Kier molecular flexibility index (Phi) is 1.89. The van der Waals surface area contributed by atoms with Gasteiger partial charge in [0.25, 0.3) is 0 Å². The summed E-state index contributed by atoms with van der Waals surface area (Å²) in [5.74, 6) is 0.386. The van der Waals surface area contributed by atoms with Crippen LogP contribution in [0, 0.1) is 5.92 Å². The summed E-state index contributed by atoms with van der Waals surface area (Å²) in [7, 11) is 1.56. The predicted molar refractivity (Wildman–Crippen MR) is 58.6 cm³/mol. The van der Waals surface area contributed by atoms with Crippen LogP contribution in [0.15, 0.2) is 18.2 Å². The Labute approximate surface area is 94.0 Å². The topological polar surface area (TPSA) is 46.5 Å². The van der Waals surface area contributed by atoms with Crippen LogP contribution < -0.4 is 4.74 Å². The molecule has 2 aliphatic carbocycles. The van der Waals surface area contributed by atoms with E-state index in [4.69, 9.17) is 4.74 Å². The highest BCUT2D eigenvalue weighted by atomic mass is 16.5. The molecule has 84 valence electrons. The number of benzene rings is 1. The Morgan fingerprint density at radius 2 is 2.31 bits per heavy atom. The molecule has 1 saturated carbocycles. The summed E-state index contributed by atoms with van der Waals surface area (Å²) in [5, 5.41) is 10.6. The van der Waals surface area contributed by atoms with E-state index in [1.165, 1.54) is 0 Å². The van der Waals surface area contributed by atoms with Crippen molar-refractivity contribution < 1.29 is 14.6 Å². The number of hydrogen-bond donors (Lipinski definition) is 1. The number of carbonyl (C=O) groups is 1. The third-order valence-electron chi connectivity index (χ3n) is 3.90. The first-order valence-electron chi connectivity index (χ1n) is 5.62. The zero-order valence-corrected chi connectivity index (χ0v) is 9.19. The molecular weight excluding hydrogens is 204 g/mol. The van der Waals surface area contributed by atoms with E-state index in [-0.39, 0.29) is 11.7 Å². The summed E-state index contributed by atoms with van der Waals surface area (Å²) in [6.07, 6.45) is 2.39. The van der Waals surface area contributed by atoms with Crippen molar-refractivity contribution in [3.8, 4) is 5.75 Å². The lowest BCUT2D eigenvalue weighted by Crippen LogP contribution is -2.27. The first-order chi connectivity index (χ1) is 7.68. The van der Waals surface area contributed by atoms with Crippen molar-refractivity contribution in [3.05, 3.63) is 29.3 Å². The minimum absolute atomic E-state index is 0.0486. The zero-order chi connectivity index (χ0) is 11.3. The third-order valence-corrected chi connectivity index (χ3v) is 3.90. The normalized spacial score (nSPS) is 31.4. The Morgan fingerprint density at radius 1 is 1.50 bits per heavy atom. The van der Waals surface area contributed by atoms with Gasteiger partial charge >= 0.3 is 0 Å². The Bertz CT molecular complexity index is 466. The molecule has 0 amide bonds. The average Bonchev–Trinajstić information content (AvgIpc) is 2.78. The number of aliphatic hydroxyl groups is 1. The fraction of sp³-hybridized carbons (Fsp3) is 0.462. The van der Waals surface area contributed by atoms with Gasteiger partial charge in [-0.2, -0.15) is 0 Å². The summed E-state index contributed by atoms with van der Waals surface area (Å²) >= 11 is 0. The number of ether oxygens (including phenoxy) is 1. The Hall–Kier alpha value is -1.35. The lowest BCUT2D eigenvalue weighted by Gasteiger charge is -2.22. The van der Waals surface area contributed by atoms with Gasteiger partial charge in [-0.25, -0.2) is 0 Å². The molecular formula is C13H14O3. The molecule has 0 bridgehead atoms. The molecule has 1 aromatic carbocycles. The maximum Gasteiger partial charge on any atom is 0.173 e. The molecule has 1 fully saturated rings. The van der Waals surface area contributed by atoms with Gasteiger partial charge in [-0.15, -0.1) is 0 Å². The number of carbonyl (C=O) groups excluding carboxylic acids is 1. The second-order valence-electron chi connectivity index (χ2n) is 4.62. The lowest BCUT2D eigenvalue weighted by molar-refractivity contribution is 0.0132. The average molecular weight is 218 g/mol. The second-order valence-corrected chi connectivity index (χ2v) is 4.62. The molecule has 0 saturated heterocycles. The van der Waals surface area contributed by atoms with Crippen molar-refractivity contribution >= 4 is 5.78 Å². The zero-order valence-electron chi connectivity index (χ0n) is 9.19. The van der Waals surface area contributed by atoms with Gasteiger partial charge in [0.15, 0.2) is 5.78 Å². The smallest absolute Gasteiger partial charge is 0.173 e. The molecule has 1 unspecified atom stereocenters. The fourth-order valence-electron chi connectivity index (χ4n) is 3.15. The van der Waals surface area contributed by atoms with Crippen molar-refractivity contribution in [3.63, 3.8) is 0 Å². The molecule has 1 aromatic rings. The van der Waals surface area contributed by atoms with E-state index in [1.807, 2.05) is 12.1 Å². The van der Waals surface area contributed by atoms with Crippen molar-refractivity contribution in [1.29, 1.82) is 0 Å². The van der Waals surface area contributed by atoms with E-state index < -0.39 is 5.60 Å². The molecule has 0 aromatic heterocycles. The van der Waals surface area contributed by atoms with Gasteiger partial charge in [0, 0.05) is 0 Å². The highest BCUT2D eigenvalue weighted by Gasteiger charge is 2.54. The molecule has 1 N–H and O–H groups in total. The number of Topliss-reactive ketones (excluding diaryl/α,β-unsaturated/α-hetero) is 1. The fourth-order valence-corrected chi connectivity index (χ4v) is 3.15. The van der Waals surface area contributed by atoms with Crippen LogP contribution >= 0.6 is 0 Å². The van der Waals surface area contributed by atoms with E-state index in [0.29, 0.717) is 17.7 Å². The van der Waals surface area contributed by atoms with Gasteiger partial charge in [-0.1, -0.05) is 12.1 Å². The number of fused-ring (bicyclic) bond motifs is 3. The molecule has 3 heteroatoms. The predicted octanol–water partition coefficient (Wildman–Crippen LogP) is 1.88. The second kappa shape index (κ2) is 3.08. The molecule has 3 nitrogen and oxygen atoms in total. The maximum absolute atomic E-state index is 12.2. The maximum atomic E-state index is 12.2. The standard InChI is InChI=1S/C13H14O3/c1-16-10-6-2-4-8-11(10)12(14)9-5-3-7-13(8,9)15/h2,4,6,9,15H,3,5,7H2,1H3/t9?,13-/m0/s1. The van der Waals surface area contributed by atoms with Crippen LogP contribution in [0.25, 0.3) is 0 Å². The summed E-state index contributed by atoms with van der Waals surface area (Å²) in [6, 6.07) is 5.46. The van der Waals surface area contributed by atoms with Crippen LogP contribution in [0.4, 0.5) is 0 Å². The van der Waals surface area contributed by atoms with Gasteiger partial charge in [0.2, 0.25) is 0 Å². The molecule has 0 aliphatic heterocycles. The molecule has 0 spiro atoms. The minimum Gasteiger partial charge on any atom is -0.496 e. The van der Waals surface area contributed by atoms with Crippen LogP contribution in [0.5, 0.6) is 5.75 Å². The monoisotopic (exact) mass is 218 g/mol. The first-order valence-corrected chi connectivity index (χ1v) is 5.62. The van der Waals surface area contributed by atoms with Crippen molar-refractivity contribution in [1.82, 2.24) is 0 Å². The highest BCUT2D eigenvalue weighted by Crippen LogP contribution is 2.53. The number of hydrogen-bond acceptors (Lipinski definition) is 3. The van der Waals surface area contributed by atoms with E-state index in [1.54, 1.807) is 13.2 Å². The van der Waals surface area contributed by atoms with E-state index in [0.717, 1.165) is 18.4 Å². The Morgan fingerprint density at radius 3 is 3.06 bits per heavy atom. The first kappa shape index (κ1) is 9.85. The molecule has 0 radical (unpaired) electrons. The lowest BCUT2D eigenvalue weighted by atomic mass is 9.90. The molecule has 16 heavy (non-hydrogen) atoms. The van der Waals surface area contributed by atoms with Crippen LogP contribution in [0.2, 0.25) is 0 Å². The minimum atomic E-state index is -0.930. The van der Waals surface area contributed by atoms with E-state index >= 15 is 0 Å². The Balaban J connectivity index is 2.26. The van der Waals surface area contributed by atoms with Crippen LogP contribution in [0.3, 0.4) is 0 Å². The van der Waals surface area contributed by atoms with Crippen molar-refractivity contribution in [2.45, 2.75) is 24.9 Å². The van der Waals surface area contributed by atoms with Crippen molar-refractivity contribution in [2.75, 3.05) is 7.11 Å². The van der Waals surface area contributed by atoms with Crippen molar-refractivity contribution in [2.24, 2.45) is 5.92 Å². The number of methoxy groups -OCH3 is 1. The summed E-state index contributed by atoms with van der Waals surface area (Å²) in [6.45, 7) is 0. The summed E-state index contributed by atoms with van der Waals surface area (Å²) in [4.78, 5) is 12.2. The van der Waals surface area contributed by atoms with E-state index in [2.05, 4.69) is 0 Å². The number of rotatable bonds is 1. The van der Waals surface area contributed by atoms with Gasteiger partial charge in [0.05, 0.1) is 18.6 Å². The van der Waals surface area contributed by atoms with Crippen LogP contribution in [0.1, 0.15) is 35.2 Å². The van der Waals surface area contributed by atoms with Gasteiger partial charge in [0.1, 0.15) is 11.4 Å². The molecule has 2 atom stereocenters. The van der Waals surface area contributed by atoms with Gasteiger partial charge in [-0.05, 0) is 30.9 Å². The highest BCUT2D eigenvalue weighted by molar-refractivity contribution is 6.06. The third kappa shape index (κ3) is 0.990. The van der Waals surface area contributed by atoms with E-state index in [9.17, 15) is 9.90 Å². The largest absolute Gasteiger partial charge is 0.496 e. The molecule has 2 aliphatic rings.